The number of pyridine rings is 1. The average molecular weight is 387 g/mol. The van der Waals surface area contributed by atoms with Gasteiger partial charge in [-0.25, -0.2) is 19.5 Å². The SMILES string of the molecule is Cc1cc(C(=O)N/N=C/c2ccc(F)cc2)c2c(C)nn(-c3ccccc3)c2n1. The Bertz CT molecular complexity index is 1210. The van der Waals surface area contributed by atoms with Gasteiger partial charge in [0, 0.05) is 5.69 Å². The molecule has 0 bridgehead atoms. The molecule has 0 aliphatic carbocycles. The van der Waals surface area contributed by atoms with Crippen molar-refractivity contribution in [2.24, 2.45) is 5.10 Å². The molecule has 0 aliphatic heterocycles. The molecule has 0 fully saturated rings. The number of carbonyl (C=O) groups is 1. The molecule has 144 valence electrons. The highest BCUT2D eigenvalue weighted by Crippen LogP contribution is 2.24. The number of aryl methyl sites for hydroxylation is 2. The number of aromatic nitrogens is 3. The second-order valence-electron chi connectivity index (χ2n) is 6.59. The first-order valence-corrected chi connectivity index (χ1v) is 9.04. The Morgan fingerprint density at radius 1 is 1.10 bits per heavy atom. The highest BCUT2D eigenvalue weighted by Gasteiger charge is 2.19. The van der Waals surface area contributed by atoms with E-state index in [-0.39, 0.29) is 11.7 Å². The van der Waals surface area contributed by atoms with Gasteiger partial charge in [0.25, 0.3) is 5.91 Å². The third-order valence-corrected chi connectivity index (χ3v) is 4.44. The van der Waals surface area contributed by atoms with Gasteiger partial charge in [-0.15, -0.1) is 0 Å². The average Bonchev–Trinajstić information content (AvgIpc) is 3.05. The van der Waals surface area contributed by atoms with E-state index in [4.69, 9.17) is 0 Å². The van der Waals surface area contributed by atoms with Gasteiger partial charge in [0.1, 0.15) is 5.82 Å². The highest BCUT2D eigenvalue weighted by molar-refractivity contribution is 6.07. The molecule has 7 heteroatoms. The Hall–Kier alpha value is -3.87. The standard InChI is InChI=1S/C22H18FN5O/c1-14-12-19(22(29)26-24-13-16-8-10-17(23)11-9-16)20-15(2)27-28(21(20)25-14)18-6-4-3-5-7-18/h3-13H,1-2H3,(H,26,29)/b24-13+. The number of hydrazone groups is 1. The number of halogens is 1. The lowest BCUT2D eigenvalue weighted by atomic mass is 10.1. The van der Waals surface area contributed by atoms with Crippen molar-refractivity contribution >= 4 is 23.2 Å². The van der Waals surface area contributed by atoms with Gasteiger partial charge < -0.3 is 0 Å². The second kappa shape index (κ2) is 7.63. The largest absolute Gasteiger partial charge is 0.272 e. The summed E-state index contributed by atoms with van der Waals surface area (Å²) < 4.78 is 14.7. The van der Waals surface area contributed by atoms with Crippen LogP contribution >= 0.6 is 0 Å². The van der Waals surface area contributed by atoms with Crippen molar-refractivity contribution in [2.45, 2.75) is 13.8 Å². The van der Waals surface area contributed by atoms with Gasteiger partial charge in [-0.2, -0.15) is 10.2 Å². The van der Waals surface area contributed by atoms with Crippen LogP contribution in [0.4, 0.5) is 4.39 Å². The summed E-state index contributed by atoms with van der Waals surface area (Å²) in [4.78, 5) is 17.4. The molecule has 4 rings (SSSR count). The molecular formula is C22H18FN5O. The number of fused-ring (bicyclic) bond motifs is 1. The van der Waals surface area contributed by atoms with Gasteiger partial charge in [-0.1, -0.05) is 30.3 Å². The molecule has 2 heterocycles. The first-order chi connectivity index (χ1) is 14.0. The molecule has 0 radical (unpaired) electrons. The zero-order valence-electron chi connectivity index (χ0n) is 15.9. The van der Waals surface area contributed by atoms with Crippen LogP contribution in [-0.4, -0.2) is 26.9 Å². The summed E-state index contributed by atoms with van der Waals surface area (Å²) in [6.45, 7) is 3.67. The predicted octanol–water partition coefficient (Wildman–Crippen LogP) is 3.94. The summed E-state index contributed by atoms with van der Waals surface area (Å²) in [5, 5.41) is 9.24. The van der Waals surface area contributed by atoms with Gasteiger partial charge in [0.05, 0.1) is 28.5 Å². The Balaban J connectivity index is 1.69. The number of nitrogens with zero attached hydrogens (tertiary/aromatic N) is 4. The van der Waals surface area contributed by atoms with Crippen LogP contribution in [0.1, 0.15) is 27.3 Å². The Kier molecular flexibility index (Phi) is 4.87. The number of rotatable bonds is 4. The first kappa shape index (κ1) is 18.5. The van der Waals surface area contributed by atoms with Gasteiger partial charge in [0.2, 0.25) is 0 Å². The molecule has 2 aromatic heterocycles. The van der Waals surface area contributed by atoms with Gasteiger partial charge in [-0.3, -0.25) is 4.79 Å². The molecule has 1 amide bonds. The van der Waals surface area contributed by atoms with Gasteiger partial charge >= 0.3 is 0 Å². The summed E-state index contributed by atoms with van der Waals surface area (Å²) in [7, 11) is 0. The molecule has 0 saturated heterocycles. The lowest BCUT2D eigenvalue weighted by molar-refractivity contribution is 0.0956. The van der Waals surface area contributed by atoms with E-state index in [1.165, 1.54) is 18.3 Å². The van der Waals surface area contributed by atoms with Crippen molar-refractivity contribution in [1.29, 1.82) is 0 Å². The molecule has 1 N–H and O–H groups in total. The van der Waals surface area contributed by atoms with E-state index in [0.717, 1.165) is 5.69 Å². The molecule has 4 aromatic rings. The minimum absolute atomic E-state index is 0.327. The van der Waals surface area contributed by atoms with Crippen LogP contribution in [0.5, 0.6) is 0 Å². The van der Waals surface area contributed by atoms with Crippen molar-refractivity contribution in [3.8, 4) is 5.69 Å². The zero-order chi connectivity index (χ0) is 20.4. The summed E-state index contributed by atoms with van der Waals surface area (Å²) >= 11 is 0. The summed E-state index contributed by atoms with van der Waals surface area (Å²) in [5.74, 6) is -0.693. The number of hydrogen-bond donors (Lipinski definition) is 1. The van der Waals surface area contributed by atoms with E-state index in [1.807, 2.05) is 44.2 Å². The Labute approximate surface area is 166 Å². The number of amides is 1. The molecule has 6 nitrogen and oxygen atoms in total. The van der Waals surface area contributed by atoms with Gasteiger partial charge in [-0.05, 0) is 49.7 Å². The van der Waals surface area contributed by atoms with Crippen LogP contribution < -0.4 is 5.43 Å². The van der Waals surface area contributed by atoms with E-state index in [9.17, 15) is 9.18 Å². The van der Waals surface area contributed by atoms with Crippen molar-refractivity contribution in [2.75, 3.05) is 0 Å². The van der Waals surface area contributed by atoms with Crippen molar-refractivity contribution in [1.82, 2.24) is 20.2 Å². The number of nitrogens with one attached hydrogen (secondary N) is 1. The minimum Gasteiger partial charge on any atom is -0.267 e. The van der Waals surface area contributed by atoms with Crippen LogP contribution in [0.2, 0.25) is 0 Å². The maximum Gasteiger partial charge on any atom is 0.272 e. The van der Waals surface area contributed by atoms with E-state index in [2.05, 4.69) is 20.6 Å². The topological polar surface area (TPSA) is 72.2 Å². The van der Waals surface area contributed by atoms with Crippen molar-refractivity contribution < 1.29 is 9.18 Å². The third kappa shape index (κ3) is 3.75. The minimum atomic E-state index is -0.366. The molecule has 0 saturated carbocycles. The number of para-hydroxylation sites is 1. The molecule has 0 atom stereocenters. The Morgan fingerprint density at radius 3 is 2.55 bits per heavy atom. The molecule has 0 spiro atoms. The maximum absolute atomic E-state index is 13.0. The molecule has 2 aromatic carbocycles. The number of carbonyl (C=O) groups excluding carboxylic acids is 1. The number of benzene rings is 2. The predicted molar refractivity (Wildman–Crippen MR) is 110 cm³/mol. The van der Waals surface area contributed by atoms with Crippen LogP contribution in [0.25, 0.3) is 16.7 Å². The van der Waals surface area contributed by atoms with Crippen LogP contribution in [-0.2, 0) is 0 Å². The van der Waals surface area contributed by atoms with E-state index in [1.54, 1.807) is 22.9 Å². The molecular weight excluding hydrogens is 369 g/mol. The lowest BCUT2D eigenvalue weighted by Crippen LogP contribution is -2.18. The normalized spacial score (nSPS) is 11.3. The summed E-state index contributed by atoms with van der Waals surface area (Å²) in [5.41, 5.74) is 6.53. The maximum atomic E-state index is 13.0. The van der Waals surface area contributed by atoms with Crippen LogP contribution in [0.15, 0.2) is 65.8 Å². The quantitative estimate of drug-likeness (QED) is 0.426. The monoisotopic (exact) mass is 387 g/mol. The number of hydrogen-bond acceptors (Lipinski definition) is 4. The van der Waals surface area contributed by atoms with Crippen molar-refractivity contribution in [3.05, 3.63) is 89.0 Å². The van der Waals surface area contributed by atoms with Crippen LogP contribution in [0.3, 0.4) is 0 Å². The van der Waals surface area contributed by atoms with E-state index < -0.39 is 0 Å². The fourth-order valence-corrected chi connectivity index (χ4v) is 3.12. The molecule has 0 unspecified atom stereocenters. The first-order valence-electron chi connectivity index (χ1n) is 9.04. The van der Waals surface area contributed by atoms with Crippen LogP contribution in [0, 0.1) is 19.7 Å². The second-order valence-corrected chi connectivity index (χ2v) is 6.59. The fourth-order valence-electron chi connectivity index (χ4n) is 3.12. The van der Waals surface area contributed by atoms with E-state index in [0.29, 0.717) is 33.5 Å². The third-order valence-electron chi connectivity index (χ3n) is 4.44. The lowest BCUT2D eigenvalue weighted by Gasteiger charge is -2.06. The fraction of sp³-hybridized carbons (Fsp3) is 0.0909. The summed E-state index contributed by atoms with van der Waals surface area (Å²) in [6, 6.07) is 17.2. The van der Waals surface area contributed by atoms with Gasteiger partial charge in [0.15, 0.2) is 5.65 Å². The Morgan fingerprint density at radius 2 is 1.83 bits per heavy atom. The smallest absolute Gasteiger partial charge is 0.267 e. The highest BCUT2D eigenvalue weighted by atomic mass is 19.1. The molecule has 29 heavy (non-hydrogen) atoms. The van der Waals surface area contributed by atoms with E-state index >= 15 is 0 Å². The van der Waals surface area contributed by atoms with Crippen molar-refractivity contribution in [3.63, 3.8) is 0 Å². The molecule has 0 aliphatic rings. The zero-order valence-corrected chi connectivity index (χ0v) is 15.9. The summed E-state index contributed by atoms with van der Waals surface area (Å²) in [6.07, 6.45) is 1.46.